The van der Waals surface area contributed by atoms with Crippen molar-refractivity contribution in [2.24, 2.45) is 0 Å². The summed E-state index contributed by atoms with van der Waals surface area (Å²) in [7, 11) is 0. The van der Waals surface area contributed by atoms with Crippen LogP contribution in [0.4, 0.5) is 11.4 Å². The van der Waals surface area contributed by atoms with Crippen LogP contribution in [0.2, 0.25) is 0 Å². The van der Waals surface area contributed by atoms with Gasteiger partial charge in [0, 0.05) is 11.4 Å². The SMILES string of the molecule is Nc1ccc(O[C@H]2CO[C@H]3[C@@H]2OC[C@H]3Oc2ccc(N)cc2)cc1. The number of nitrogens with two attached hydrogens (primary N) is 2. The molecule has 2 aromatic carbocycles. The third-order valence-corrected chi connectivity index (χ3v) is 4.30. The first-order valence-corrected chi connectivity index (χ1v) is 7.96. The molecule has 6 heteroatoms. The van der Waals surface area contributed by atoms with E-state index < -0.39 is 0 Å². The highest BCUT2D eigenvalue weighted by molar-refractivity contribution is 5.42. The molecular formula is C18H20N2O4. The number of ether oxygens (including phenoxy) is 4. The minimum absolute atomic E-state index is 0.138. The van der Waals surface area contributed by atoms with Crippen LogP contribution >= 0.6 is 0 Å². The number of hydrogen-bond acceptors (Lipinski definition) is 6. The van der Waals surface area contributed by atoms with E-state index in [0.29, 0.717) is 24.6 Å². The minimum atomic E-state index is -0.154. The smallest absolute Gasteiger partial charge is 0.151 e. The van der Waals surface area contributed by atoms with E-state index in [0.717, 1.165) is 11.5 Å². The van der Waals surface area contributed by atoms with Crippen molar-refractivity contribution in [3.8, 4) is 11.5 Å². The van der Waals surface area contributed by atoms with Crippen LogP contribution in [-0.4, -0.2) is 37.6 Å². The molecule has 126 valence electrons. The third kappa shape index (κ3) is 2.98. The van der Waals surface area contributed by atoms with Gasteiger partial charge >= 0.3 is 0 Å². The lowest BCUT2D eigenvalue weighted by molar-refractivity contribution is 0.0181. The van der Waals surface area contributed by atoms with Gasteiger partial charge in [0.05, 0.1) is 13.2 Å². The van der Waals surface area contributed by atoms with E-state index in [2.05, 4.69) is 0 Å². The predicted octanol–water partition coefficient (Wildman–Crippen LogP) is 1.84. The second-order valence-corrected chi connectivity index (χ2v) is 6.05. The number of nitrogen functional groups attached to an aromatic ring is 2. The lowest BCUT2D eigenvalue weighted by atomic mass is 10.1. The molecule has 2 aromatic rings. The summed E-state index contributed by atoms with van der Waals surface area (Å²) in [6.07, 6.45) is -0.583. The van der Waals surface area contributed by atoms with Crippen molar-refractivity contribution in [3.05, 3.63) is 48.5 Å². The third-order valence-electron chi connectivity index (χ3n) is 4.30. The Labute approximate surface area is 140 Å². The van der Waals surface area contributed by atoms with E-state index in [4.69, 9.17) is 30.4 Å². The molecule has 4 rings (SSSR count). The van der Waals surface area contributed by atoms with Gasteiger partial charge in [-0.3, -0.25) is 0 Å². The first-order chi connectivity index (χ1) is 11.7. The molecule has 0 amide bonds. The van der Waals surface area contributed by atoms with Gasteiger partial charge in [0.25, 0.3) is 0 Å². The summed E-state index contributed by atoms with van der Waals surface area (Å²) in [4.78, 5) is 0. The fraction of sp³-hybridized carbons (Fsp3) is 0.333. The molecule has 24 heavy (non-hydrogen) atoms. The molecule has 4 atom stereocenters. The van der Waals surface area contributed by atoms with Gasteiger partial charge in [-0.2, -0.15) is 0 Å². The van der Waals surface area contributed by atoms with Gasteiger partial charge in [0.2, 0.25) is 0 Å². The summed E-state index contributed by atoms with van der Waals surface area (Å²) in [6.45, 7) is 0.947. The highest BCUT2D eigenvalue weighted by atomic mass is 16.6. The molecule has 4 N–H and O–H groups in total. The van der Waals surface area contributed by atoms with Crippen LogP contribution in [0.15, 0.2) is 48.5 Å². The quantitative estimate of drug-likeness (QED) is 0.833. The van der Waals surface area contributed by atoms with Gasteiger partial charge in [-0.25, -0.2) is 0 Å². The van der Waals surface area contributed by atoms with E-state index in [1.54, 1.807) is 0 Å². The van der Waals surface area contributed by atoms with Crippen LogP contribution in [0.1, 0.15) is 0 Å². The van der Waals surface area contributed by atoms with Crippen molar-refractivity contribution in [1.29, 1.82) is 0 Å². The fourth-order valence-electron chi connectivity index (χ4n) is 3.07. The summed E-state index contributed by atoms with van der Waals surface area (Å²) in [5, 5.41) is 0. The van der Waals surface area contributed by atoms with E-state index in [-0.39, 0.29) is 24.4 Å². The summed E-state index contributed by atoms with van der Waals surface area (Å²) < 4.78 is 23.7. The Hall–Kier alpha value is -2.44. The summed E-state index contributed by atoms with van der Waals surface area (Å²) in [5.41, 5.74) is 12.8. The van der Waals surface area contributed by atoms with Gasteiger partial charge in [-0.15, -0.1) is 0 Å². The fourth-order valence-corrected chi connectivity index (χ4v) is 3.07. The van der Waals surface area contributed by atoms with Crippen molar-refractivity contribution < 1.29 is 18.9 Å². The standard InChI is InChI=1S/C18H20N2O4/c19-11-1-5-13(6-2-11)23-15-9-21-18-16(10-22-17(15)18)24-14-7-3-12(20)4-8-14/h1-8,15-18H,9-10,19-20H2/t15-,16+,17-,18-/m1/s1. The average molecular weight is 328 g/mol. The van der Waals surface area contributed by atoms with Crippen LogP contribution in [0, 0.1) is 0 Å². The van der Waals surface area contributed by atoms with E-state index in [1.165, 1.54) is 0 Å². The second kappa shape index (κ2) is 6.22. The Morgan fingerprint density at radius 2 is 1.04 bits per heavy atom. The van der Waals surface area contributed by atoms with E-state index in [9.17, 15) is 0 Å². The van der Waals surface area contributed by atoms with Gasteiger partial charge in [-0.05, 0) is 48.5 Å². The Kier molecular flexibility index (Phi) is 3.92. The molecule has 0 spiro atoms. The maximum absolute atomic E-state index is 5.98. The number of fused-ring (bicyclic) bond motifs is 1. The molecule has 2 saturated heterocycles. The molecule has 0 aromatic heterocycles. The Balaban J connectivity index is 1.39. The molecular weight excluding hydrogens is 308 g/mol. The van der Waals surface area contributed by atoms with Gasteiger partial charge < -0.3 is 30.4 Å². The zero-order valence-corrected chi connectivity index (χ0v) is 13.1. The summed E-state index contributed by atoms with van der Waals surface area (Å²) >= 11 is 0. The highest BCUT2D eigenvalue weighted by Gasteiger charge is 2.50. The molecule has 2 heterocycles. The van der Waals surface area contributed by atoms with Crippen molar-refractivity contribution in [2.45, 2.75) is 24.4 Å². The molecule has 2 aliphatic heterocycles. The Morgan fingerprint density at radius 1 is 0.667 bits per heavy atom. The predicted molar refractivity (Wildman–Crippen MR) is 90.0 cm³/mol. The molecule has 2 aliphatic rings. The lowest BCUT2D eigenvalue weighted by Gasteiger charge is -2.18. The minimum Gasteiger partial charge on any atom is -0.485 e. The van der Waals surface area contributed by atoms with Crippen molar-refractivity contribution in [1.82, 2.24) is 0 Å². The molecule has 0 radical (unpaired) electrons. The average Bonchev–Trinajstić information content (AvgIpc) is 3.16. The zero-order valence-electron chi connectivity index (χ0n) is 13.1. The first kappa shape index (κ1) is 15.1. The van der Waals surface area contributed by atoms with Crippen LogP contribution in [0.5, 0.6) is 11.5 Å². The van der Waals surface area contributed by atoms with Gasteiger partial charge in [0.1, 0.15) is 23.7 Å². The number of hydrogen-bond donors (Lipinski definition) is 2. The van der Waals surface area contributed by atoms with Crippen molar-refractivity contribution in [3.63, 3.8) is 0 Å². The van der Waals surface area contributed by atoms with E-state index in [1.807, 2.05) is 48.5 Å². The number of rotatable bonds is 4. The normalized spacial score (nSPS) is 28.5. The van der Waals surface area contributed by atoms with Crippen LogP contribution < -0.4 is 20.9 Å². The van der Waals surface area contributed by atoms with Crippen LogP contribution in [0.25, 0.3) is 0 Å². The summed E-state index contributed by atoms with van der Waals surface area (Å²) in [6, 6.07) is 14.6. The van der Waals surface area contributed by atoms with Gasteiger partial charge in [-0.1, -0.05) is 0 Å². The van der Waals surface area contributed by atoms with E-state index >= 15 is 0 Å². The van der Waals surface area contributed by atoms with Crippen LogP contribution in [-0.2, 0) is 9.47 Å². The maximum atomic E-state index is 5.98. The maximum Gasteiger partial charge on any atom is 0.151 e. The topological polar surface area (TPSA) is 89.0 Å². The largest absolute Gasteiger partial charge is 0.485 e. The molecule has 2 fully saturated rings. The molecule has 0 unspecified atom stereocenters. The Bertz CT molecular complexity index is 628. The molecule has 0 saturated carbocycles. The van der Waals surface area contributed by atoms with Crippen molar-refractivity contribution in [2.75, 3.05) is 24.7 Å². The molecule has 6 nitrogen and oxygen atoms in total. The highest BCUT2D eigenvalue weighted by Crippen LogP contribution is 2.32. The first-order valence-electron chi connectivity index (χ1n) is 7.96. The zero-order chi connectivity index (χ0) is 16.5. The lowest BCUT2D eigenvalue weighted by Crippen LogP contribution is -2.36. The second-order valence-electron chi connectivity index (χ2n) is 6.05. The summed E-state index contributed by atoms with van der Waals surface area (Å²) in [5.74, 6) is 1.51. The Morgan fingerprint density at radius 3 is 1.42 bits per heavy atom. The van der Waals surface area contributed by atoms with Crippen LogP contribution in [0.3, 0.4) is 0 Å². The monoisotopic (exact) mass is 328 g/mol. The number of anilines is 2. The van der Waals surface area contributed by atoms with Gasteiger partial charge in [0.15, 0.2) is 12.2 Å². The number of benzene rings is 2. The molecule has 0 bridgehead atoms. The molecule has 0 aliphatic carbocycles. The van der Waals surface area contributed by atoms with Crippen molar-refractivity contribution >= 4 is 11.4 Å².